The van der Waals surface area contributed by atoms with E-state index in [0.29, 0.717) is 98.0 Å². The van der Waals surface area contributed by atoms with E-state index in [1.165, 1.54) is 14.2 Å². The maximum absolute atomic E-state index is 16.2. The number of carbonyl (C=O) groups is 4. The number of benzene rings is 2. The van der Waals surface area contributed by atoms with Crippen LogP contribution >= 0.6 is 0 Å². The van der Waals surface area contributed by atoms with Gasteiger partial charge in [0.25, 0.3) is 0 Å². The van der Waals surface area contributed by atoms with Crippen LogP contribution in [0, 0.1) is 29.4 Å². The molecule has 0 saturated carbocycles. The highest BCUT2D eigenvalue weighted by Crippen LogP contribution is 2.47. The highest BCUT2D eigenvalue weighted by atomic mass is 19.4. The van der Waals surface area contributed by atoms with E-state index in [4.69, 9.17) is 19.4 Å². The molecule has 20 heteroatoms. The number of alkyl halides is 3. The van der Waals surface area contributed by atoms with Gasteiger partial charge in [-0.15, -0.1) is 0 Å². The maximum Gasteiger partial charge on any atom is 0.419 e. The molecule has 2 aromatic heterocycles. The van der Waals surface area contributed by atoms with Crippen molar-refractivity contribution in [1.29, 1.82) is 0 Å². The van der Waals surface area contributed by atoms with E-state index in [0.717, 1.165) is 12.1 Å². The predicted octanol–water partition coefficient (Wildman–Crippen LogP) is 8.66. The van der Waals surface area contributed by atoms with Crippen molar-refractivity contribution >= 4 is 46.8 Å². The van der Waals surface area contributed by atoms with Crippen LogP contribution in [0.2, 0.25) is 0 Å². The Morgan fingerprint density at radius 3 is 2.12 bits per heavy atom. The number of H-pyrrole nitrogens is 2. The topological polar surface area (TPSA) is 178 Å². The van der Waals surface area contributed by atoms with Crippen molar-refractivity contribution in [2.45, 2.75) is 121 Å². The maximum atomic E-state index is 16.2. The normalized spacial score (nSPS) is 22.5. The third-order valence-corrected chi connectivity index (χ3v) is 13.8. The van der Waals surface area contributed by atoms with Crippen molar-refractivity contribution in [2.24, 2.45) is 17.8 Å². The number of halogens is 5. The smallest absolute Gasteiger partial charge is 0.419 e. The average Bonchev–Trinajstić information content (AvgIpc) is 4.15. The molecule has 68 heavy (non-hydrogen) atoms. The van der Waals surface area contributed by atoms with Gasteiger partial charge in [0.1, 0.15) is 35.4 Å². The van der Waals surface area contributed by atoms with E-state index < -0.39 is 71.8 Å². The van der Waals surface area contributed by atoms with Crippen molar-refractivity contribution in [3.63, 3.8) is 0 Å². The third-order valence-electron chi connectivity index (χ3n) is 13.8. The molecule has 5 heterocycles. The average molecular weight is 952 g/mol. The van der Waals surface area contributed by atoms with Crippen LogP contribution in [0.5, 0.6) is 0 Å². The zero-order valence-corrected chi connectivity index (χ0v) is 38.9. The van der Waals surface area contributed by atoms with Crippen LogP contribution in [0.3, 0.4) is 0 Å². The van der Waals surface area contributed by atoms with Crippen LogP contribution in [0.4, 0.5) is 37.2 Å². The number of fused-ring (bicyclic) bond motifs is 2. The van der Waals surface area contributed by atoms with Crippen LogP contribution < -0.4 is 15.5 Å². The summed E-state index contributed by atoms with van der Waals surface area (Å²) in [4.78, 5) is 73.8. The second-order valence-electron chi connectivity index (χ2n) is 19.0. The molecule has 4 aromatic rings. The van der Waals surface area contributed by atoms with Crippen LogP contribution in [0.15, 0.2) is 36.4 Å². The summed E-state index contributed by atoms with van der Waals surface area (Å²) in [6.07, 6.45) is 1.70. The number of hydrogen-bond donors (Lipinski definition) is 4. The molecule has 4 aliphatic rings. The molecule has 0 spiro atoms. The minimum atomic E-state index is -5.11. The summed E-state index contributed by atoms with van der Waals surface area (Å²) in [7, 11) is 2.48. The molecular weight excluding hydrogens is 894 g/mol. The number of ether oxygens (including phenoxy) is 2. The second-order valence-corrected chi connectivity index (χ2v) is 19.0. The first-order valence-corrected chi connectivity index (χ1v) is 23.3. The van der Waals surface area contributed by atoms with Crippen LogP contribution in [0.1, 0.15) is 125 Å². The van der Waals surface area contributed by atoms with Crippen LogP contribution in [-0.2, 0) is 31.7 Å². The first-order valence-electron chi connectivity index (χ1n) is 23.3. The lowest BCUT2D eigenvalue weighted by Crippen LogP contribution is -2.51. The van der Waals surface area contributed by atoms with Gasteiger partial charge in [0.15, 0.2) is 0 Å². The molecule has 3 fully saturated rings. The summed E-state index contributed by atoms with van der Waals surface area (Å²) in [5.41, 5.74) is 1.36. The Bertz CT molecular complexity index is 2580. The first-order chi connectivity index (χ1) is 32.4. The van der Waals surface area contributed by atoms with E-state index in [1.54, 1.807) is 20.8 Å². The number of hydrogen-bond acceptors (Lipinski definition) is 9. The number of imidazole rings is 2. The summed E-state index contributed by atoms with van der Waals surface area (Å²) < 4.78 is 82.8. The molecule has 0 radical (unpaired) electrons. The predicted molar refractivity (Wildman–Crippen MR) is 241 cm³/mol. The molecule has 7 atom stereocenters. The van der Waals surface area contributed by atoms with Gasteiger partial charge < -0.3 is 44.8 Å². The van der Waals surface area contributed by atoms with Gasteiger partial charge in [-0.1, -0.05) is 39.8 Å². The standard InChI is InChI=1S/C48H58F5N9O6/c1-24(2)19-35(58-46(65)67-5)44(63)60-17-7-9-38(60)42-54-31-13-11-26(20-33(31)56-42)36-15-16-37(62(36)40-23-29(49)28(22-30(40)50)48(51,52)53)27-12-14-32-34(21-27)57-43(55-32)39-10-8-18-61(39)45(64)41(25(3)4)59-47(66)68-6/h11-14,20,22-25,27,35-39,41H,7-10,15-19,21H2,1-6H3,(H,54,56)(H,55,57)(H,58,65)(H,59,66)/t27?,35-,36+,37+,38-,39-,41-/m0/s1. The molecule has 1 unspecified atom stereocenters. The van der Waals surface area contributed by atoms with Gasteiger partial charge in [-0.25, -0.2) is 28.3 Å². The molecule has 1 aliphatic carbocycles. The van der Waals surface area contributed by atoms with Crippen LogP contribution in [-0.4, -0.2) is 99.2 Å². The van der Waals surface area contributed by atoms with E-state index in [9.17, 15) is 32.3 Å². The number of aromatic amines is 2. The lowest BCUT2D eigenvalue weighted by molar-refractivity contribution is -0.140. The van der Waals surface area contributed by atoms with Gasteiger partial charge in [-0.2, -0.15) is 13.2 Å². The number of amides is 4. The number of nitrogens with one attached hydrogen (secondary N) is 4. The van der Waals surface area contributed by atoms with Crippen molar-refractivity contribution in [2.75, 3.05) is 32.2 Å². The molecule has 3 saturated heterocycles. The zero-order valence-electron chi connectivity index (χ0n) is 38.9. The molecule has 8 rings (SSSR count). The van der Waals surface area contributed by atoms with Crippen molar-refractivity contribution in [3.05, 3.63) is 82.2 Å². The molecule has 0 bridgehead atoms. The monoisotopic (exact) mass is 951 g/mol. The summed E-state index contributed by atoms with van der Waals surface area (Å²) in [5, 5.41) is 5.34. The molecule has 15 nitrogen and oxygen atoms in total. The minimum absolute atomic E-state index is 0.105. The quantitative estimate of drug-likeness (QED) is 0.101. The van der Waals surface area contributed by atoms with E-state index >= 15 is 8.78 Å². The van der Waals surface area contributed by atoms with Gasteiger partial charge in [0.2, 0.25) is 11.8 Å². The number of nitrogens with zero attached hydrogens (tertiary/aromatic N) is 5. The van der Waals surface area contributed by atoms with E-state index in [2.05, 4.69) is 20.6 Å². The first kappa shape index (κ1) is 48.3. The Labute approximate surface area is 390 Å². The Morgan fingerprint density at radius 1 is 0.809 bits per heavy atom. The van der Waals surface area contributed by atoms with Gasteiger partial charge in [0.05, 0.1) is 60.3 Å². The summed E-state index contributed by atoms with van der Waals surface area (Å²) in [6, 6.07) is 2.85. The molecule has 3 aliphatic heterocycles. The second kappa shape index (κ2) is 19.4. The number of aromatic nitrogens is 4. The lowest BCUT2D eigenvalue weighted by Gasteiger charge is -2.37. The van der Waals surface area contributed by atoms with Crippen LogP contribution in [0.25, 0.3) is 17.1 Å². The fraction of sp³-hybridized carbons (Fsp3) is 0.542. The van der Waals surface area contributed by atoms with Gasteiger partial charge in [0, 0.05) is 36.8 Å². The number of alkyl carbamates (subject to hydrolysis) is 2. The summed E-state index contributed by atoms with van der Waals surface area (Å²) in [5.74, 6) is -2.60. The summed E-state index contributed by atoms with van der Waals surface area (Å²) >= 11 is 0. The number of carbonyl (C=O) groups excluding carboxylic acids is 4. The molecule has 4 amide bonds. The van der Waals surface area contributed by atoms with Crippen molar-refractivity contribution < 1.29 is 50.6 Å². The fourth-order valence-electron chi connectivity index (χ4n) is 10.6. The number of methoxy groups -OCH3 is 2. The van der Waals surface area contributed by atoms with Crippen molar-refractivity contribution in [1.82, 2.24) is 40.4 Å². The highest BCUT2D eigenvalue weighted by Gasteiger charge is 2.44. The van der Waals surface area contributed by atoms with E-state index in [-0.39, 0.29) is 41.3 Å². The third kappa shape index (κ3) is 9.59. The summed E-state index contributed by atoms with van der Waals surface area (Å²) in [6.45, 7) is 8.51. The highest BCUT2D eigenvalue weighted by molar-refractivity contribution is 5.87. The lowest BCUT2D eigenvalue weighted by atomic mass is 9.88. The Balaban J connectivity index is 1.08. The SMILES string of the molecule is COC(=O)N[C@@H](CC(C)C)C(=O)N1CCC[C@H]1c1nc2ccc([C@H]3CC[C@H](C4C=Cc5nc([C@@H]6CCCN6C(=O)[C@@H](NC(=O)OC)C(C)C)[nH]c5C4)N3c3cc(F)c(C(F)(F)F)cc3F)cc2[nH]1. The Kier molecular flexibility index (Phi) is 13.8. The van der Waals surface area contributed by atoms with Gasteiger partial charge in [-0.05, 0) is 93.0 Å². The van der Waals surface area contributed by atoms with Gasteiger partial charge in [-0.3, -0.25) is 9.59 Å². The van der Waals surface area contributed by atoms with Crippen molar-refractivity contribution in [3.8, 4) is 0 Å². The number of anilines is 1. The zero-order chi connectivity index (χ0) is 48.8. The molecule has 366 valence electrons. The molecule has 4 N–H and O–H groups in total. The van der Waals surface area contributed by atoms with Gasteiger partial charge >= 0.3 is 18.4 Å². The Hall–Kier alpha value is -6.21. The molecular formula is C48H58F5N9O6. The largest absolute Gasteiger partial charge is 0.453 e. The number of rotatable bonds is 12. The number of likely N-dealkylation sites (tertiary alicyclic amines) is 2. The Morgan fingerprint density at radius 2 is 1.47 bits per heavy atom. The molecule has 2 aromatic carbocycles. The fourth-order valence-corrected chi connectivity index (χ4v) is 10.6. The minimum Gasteiger partial charge on any atom is -0.453 e. The van der Waals surface area contributed by atoms with E-state index in [1.807, 2.05) is 52.0 Å².